The molecule has 1 unspecified atom stereocenters. The van der Waals surface area contributed by atoms with Crippen LogP contribution in [0.5, 0.6) is 17.2 Å². The lowest BCUT2D eigenvalue weighted by molar-refractivity contribution is 0.347. The first-order valence-corrected chi connectivity index (χ1v) is 7.75. The van der Waals surface area contributed by atoms with Crippen LogP contribution in [-0.4, -0.2) is 27.9 Å². The quantitative estimate of drug-likeness (QED) is 0.839. The summed E-state index contributed by atoms with van der Waals surface area (Å²) in [7, 11) is 4.87. The van der Waals surface area contributed by atoms with E-state index in [2.05, 4.69) is 0 Å². The Balaban J connectivity index is 2.34. The summed E-state index contributed by atoms with van der Waals surface area (Å²) >= 11 is 5.96. The lowest BCUT2D eigenvalue weighted by Crippen LogP contribution is -2.15. The lowest BCUT2D eigenvalue weighted by Gasteiger charge is -2.19. The van der Waals surface area contributed by atoms with Gasteiger partial charge in [-0.05, 0) is 42.3 Å². The van der Waals surface area contributed by atoms with E-state index < -0.39 is 0 Å². The summed E-state index contributed by atoms with van der Waals surface area (Å²) in [5, 5.41) is 0.716. The number of halogens is 1. The first-order valence-electron chi connectivity index (χ1n) is 7.37. The topological polar surface area (TPSA) is 53.7 Å². The van der Waals surface area contributed by atoms with Crippen LogP contribution in [0, 0.1) is 0 Å². The van der Waals surface area contributed by atoms with E-state index in [1.54, 1.807) is 21.3 Å². The van der Waals surface area contributed by atoms with Gasteiger partial charge in [-0.3, -0.25) is 0 Å². The van der Waals surface area contributed by atoms with Crippen molar-refractivity contribution in [2.75, 3.05) is 27.9 Å². The van der Waals surface area contributed by atoms with E-state index in [9.17, 15) is 0 Å². The van der Waals surface area contributed by atoms with Crippen molar-refractivity contribution in [1.29, 1.82) is 0 Å². The molecule has 0 saturated carbocycles. The molecule has 0 aliphatic rings. The molecule has 2 rings (SSSR count). The zero-order valence-electron chi connectivity index (χ0n) is 13.6. The third-order valence-corrected chi connectivity index (χ3v) is 4.13. The molecule has 2 N–H and O–H groups in total. The highest BCUT2D eigenvalue weighted by Crippen LogP contribution is 2.36. The van der Waals surface area contributed by atoms with E-state index in [4.69, 9.17) is 31.5 Å². The second kappa shape index (κ2) is 8.09. The van der Waals surface area contributed by atoms with Crippen LogP contribution in [0.4, 0.5) is 0 Å². The standard InChI is InChI=1S/C18H22ClNO3/c1-21-16-10-18(23-3)17(22-2)9-13(16)8-14(11-20)12-4-6-15(19)7-5-12/h4-7,9-10,14H,8,11,20H2,1-3H3. The smallest absolute Gasteiger partial charge is 0.164 e. The monoisotopic (exact) mass is 335 g/mol. The van der Waals surface area contributed by atoms with Gasteiger partial charge in [0.2, 0.25) is 0 Å². The Morgan fingerprint density at radius 2 is 1.48 bits per heavy atom. The zero-order chi connectivity index (χ0) is 16.8. The summed E-state index contributed by atoms with van der Waals surface area (Å²) in [6.45, 7) is 0.527. The van der Waals surface area contributed by atoms with Crippen molar-refractivity contribution in [2.45, 2.75) is 12.3 Å². The molecule has 0 amide bonds. The summed E-state index contributed by atoms with van der Waals surface area (Å²) in [6, 6.07) is 11.6. The van der Waals surface area contributed by atoms with Gasteiger partial charge in [0.25, 0.3) is 0 Å². The normalized spacial score (nSPS) is 11.9. The van der Waals surface area contributed by atoms with Crippen molar-refractivity contribution in [2.24, 2.45) is 5.73 Å². The van der Waals surface area contributed by atoms with Gasteiger partial charge < -0.3 is 19.9 Å². The SMILES string of the molecule is COc1cc(OC)c(OC)cc1CC(CN)c1ccc(Cl)cc1. The minimum atomic E-state index is 0.166. The predicted octanol–water partition coefficient (Wildman–Crippen LogP) is 3.65. The van der Waals surface area contributed by atoms with Gasteiger partial charge in [-0.2, -0.15) is 0 Å². The molecule has 0 heterocycles. The van der Waals surface area contributed by atoms with Crippen LogP contribution in [0.2, 0.25) is 5.02 Å². The first-order chi connectivity index (χ1) is 11.1. The Morgan fingerprint density at radius 1 is 0.913 bits per heavy atom. The molecule has 23 heavy (non-hydrogen) atoms. The minimum Gasteiger partial charge on any atom is -0.496 e. The molecule has 0 aromatic heterocycles. The maximum atomic E-state index is 5.98. The highest BCUT2D eigenvalue weighted by atomic mass is 35.5. The Bertz CT molecular complexity index is 643. The van der Waals surface area contributed by atoms with Crippen molar-refractivity contribution >= 4 is 11.6 Å². The number of ether oxygens (including phenoxy) is 3. The molecule has 0 aliphatic heterocycles. The summed E-state index contributed by atoms with van der Waals surface area (Å²) in [4.78, 5) is 0. The van der Waals surface area contributed by atoms with E-state index in [0.717, 1.165) is 23.3 Å². The molecule has 4 nitrogen and oxygen atoms in total. The van der Waals surface area contributed by atoms with Crippen molar-refractivity contribution in [3.8, 4) is 17.2 Å². The molecular formula is C18H22ClNO3. The summed E-state index contributed by atoms with van der Waals surface area (Å²) in [5.41, 5.74) is 8.15. The maximum Gasteiger partial charge on any atom is 0.164 e. The first kappa shape index (κ1) is 17.4. The molecular weight excluding hydrogens is 314 g/mol. The Morgan fingerprint density at radius 3 is 2.00 bits per heavy atom. The van der Waals surface area contributed by atoms with Gasteiger partial charge in [-0.25, -0.2) is 0 Å². The van der Waals surface area contributed by atoms with Gasteiger partial charge in [-0.1, -0.05) is 23.7 Å². The predicted molar refractivity (Wildman–Crippen MR) is 93.0 cm³/mol. The van der Waals surface area contributed by atoms with Gasteiger partial charge in [0, 0.05) is 17.0 Å². The molecule has 2 aromatic carbocycles. The van der Waals surface area contributed by atoms with Crippen molar-refractivity contribution in [1.82, 2.24) is 0 Å². The molecule has 0 bridgehead atoms. The third kappa shape index (κ3) is 4.09. The Labute approximate surface area is 142 Å². The molecule has 0 fully saturated rings. The molecule has 0 saturated heterocycles. The van der Waals surface area contributed by atoms with Gasteiger partial charge in [0.05, 0.1) is 21.3 Å². The van der Waals surface area contributed by atoms with E-state index in [1.165, 1.54) is 0 Å². The number of hydrogen-bond acceptors (Lipinski definition) is 4. The fraction of sp³-hybridized carbons (Fsp3) is 0.333. The number of hydrogen-bond donors (Lipinski definition) is 1. The van der Waals surface area contributed by atoms with E-state index in [-0.39, 0.29) is 5.92 Å². The van der Waals surface area contributed by atoms with E-state index in [0.29, 0.717) is 23.1 Å². The van der Waals surface area contributed by atoms with Crippen LogP contribution in [0.15, 0.2) is 36.4 Å². The van der Waals surface area contributed by atoms with Gasteiger partial charge in [-0.15, -0.1) is 0 Å². The Hall–Kier alpha value is -1.91. The number of rotatable bonds is 7. The second-order valence-corrected chi connectivity index (χ2v) is 5.64. The van der Waals surface area contributed by atoms with Crippen LogP contribution in [0.25, 0.3) is 0 Å². The third-order valence-electron chi connectivity index (χ3n) is 3.88. The Kier molecular flexibility index (Phi) is 6.13. The summed E-state index contributed by atoms with van der Waals surface area (Å²) in [5.74, 6) is 2.24. The van der Waals surface area contributed by atoms with Crippen molar-refractivity contribution in [3.63, 3.8) is 0 Å². The molecule has 0 radical (unpaired) electrons. The fourth-order valence-corrected chi connectivity index (χ4v) is 2.72. The number of methoxy groups -OCH3 is 3. The molecule has 2 aromatic rings. The molecule has 5 heteroatoms. The molecule has 1 atom stereocenters. The van der Waals surface area contributed by atoms with Crippen molar-refractivity contribution < 1.29 is 14.2 Å². The van der Waals surface area contributed by atoms with Crippen molar-refractivity contribution in [3.05, 3.63) is 52.5 Å². The van der Waals surface area contributed by atoms with Crippen LogP contribution < -0.4 is 19.9 Å². The van der Waals surface area contributed by atoms with Crippen LogP contribution in [0.3, 0.4) is 0 Å². The van der Waals surface area contributed by atoms with Gasteiger partial charge in [0.15, 0.2) is 11.5 Å². The number of nitrogens with two attached hydrogens (primary N) is 1. The fourth-order valence-electron chi connectivity index (χ4n) is 2.59. The number of benzene rings is 2. The van der Waals surface area contributed by atoms with Crippen LogP contribution in [0.1, 0.15) is 17.0 Å². The minimum absolute atomic E-state index is 0.166. The van der Waals surface area contributed by atoms with Crippen LogP contribution >= 0.6 is 11.6 Å². The lowest BCUT2D eigenvalue weighted by atomic mass is 9.91. The highest BCUT2D eigenvalue weighted by Gasteiger charge is 2.17. The molecule has 0 aliphatic carbocycles. The maximum absolute atomic E-state index is 5.98. The largest absolute Gasteiger partial charge is 0.496 e. The zero-order valence-corrected chi connectivity index (χ0v) is 14.4. The average Bonchev–Trinajstić information content (AvgIpc) is 2.59. The highest BCUT2D eigenvalue weighted by molar-refractivity contribution is 6.30. The van der Waals surface area contributed by atoms with Gasteiger partial charge >= 0.3 is 0 Å². The van der Waals surface area contributed by atoms with E-state index in [1.807, 2.05) is 36.4 Å². The average molecular weight is 336 g/mol. The van der Waals surface area contributed by atoms with E-state index >= 15 is 0 Å². The molecule has 124 valence electrons. The summed E-state index contributed by atoms with van der Waals surface area (Å²) < 4.78 is 16.2. The van der Waals surface area contributed by atoms with Crippen LogP contribution in [-0.2, 0) is 6.42 Å². The van der Waals surface area contributed by atoms with Gasteiger partial charge in [0.1, 0.15) is 5.75 Å². The summed E-state index contributed by atoms with van der Waals surface area (Å²) in [6.07, 6.45) is 0.738. The molecule has 0 spiro atoms. The second-order valence-electron chi connectivity index (χ2n) is 5.21.